The van der Waals surface area contributed by atoms with Crippen molar-refractivity contribution in [2.75, 3.05) is 6.54 Å². The maximum Gasteiger partial charge on any atom is 0.155 e. The van der Waals surface area contributed by atoms with Crippen LogP contribution in [0.5, 0.6) is 5.75 Å². The molecule has 0 unspecified atom stereocenters. The van der Waals surface area contributed by atoms with Crippen LogP contribution in [0.4, 0.5) is 0 Å². The molecule has 0 aromatic heterocycles. The molecule has 0 aliphatic carbocycles. The lowest BCUT2D eigenvalue weighted by Gasteiger charge is -2.19. The number of hydrogen-bond acceptors (Lipinski definition) is 3. The van der Waals surface area contributed by atoms with Crippen LogP contribution in [0.3, 0.4) is 0 Å². The molecule has 0 bridgehead atoms. The fraction of sp³-hybridized carbons (Fsp3) is 0.182. The number of aryl methyl sites for hydroxylation is 1. The van der Waals surface area contributed by atoms with Gasteiger partial charge in [-0.2, -0.15) is 5.06 Å². The number of hydroxylamine groups is 2. The smallest absolute Gasteiger partial charge is 0.155 e. The number of aliphatic imine (C=N–C) groups is 1. The van der Waals surface area contributed by atoms with Crippen LogP contribution in [0.15, 0.2) is 41.5 Å². The van der Waals surface area contributed by atoms with Gasteiger partial charge in [0.15, 0.2) is 5.75 Å². The highest BCUT2D eigenvalue weighted by atomic mass is 16.7. The average molecular weight is 188 g/mol. The monoisotopic (exact) mass is 188 g/mol. The summed E-state index contributed by atoms with van der Waals surface area (Å²) in [4.78, 5) is 9.51. The van der Waals surface area contributed by atoms with Gasteiger partial charge in [-0.3, -0.25) is 0 Å². The van der Waals surface area contributed by atoms with E-state index in [1.54, 1.807) is 17.6 Å². The Hall–Kier alpha value is -1.77. The minimum Gasteiger partial charge on any atom is -0.378 e. The molecular weight excluding hydrogens is 176 g/mol. The van der Waals surface area contributed by atoms with Crippen molar-refractivity contribution in [2.24, 2.45) is 4.99 Å². The van der Waals surface area contributed by atoms with Crippen molar-refractivity contribution in [1.82, 2.24) is 5.06 Å². The van der Waals surface area contributed by atoms with Crippen LogP contribution in [0.1, 0.15) is 5.56 Å². The van der Waals surface area contributed by atoms with E-state index in [1.807, 2.05) is 30.3 Å². The maximum atomic E-state index is 5.54. The van der Waals surface area contributed by atoms with Crippen molar-refractivity contribution in [1.29, 1.82) is 0 Å². The highest BCUT2D eigenvalue weighted by molar-refractivity contribution is 5.56. The molecule has 14 heavy (non-hydrogen) atoms. The molecule has 0 saturated carbocycles. The van der Waals surface area contributed by atoms with Crippen molar-refractivity contribution >= 4 is 6.34 Å². The largest absolute Gasteiger partial charge is 0.378 e. The first-order chi connectivity index (χ1) is 6.84. The second kappa shape index (κ2) is 3.96. The summed E-state index contributed by atoms with van der Waals surface area (Å²) in [6.07, 6.45) is 5.36. The lowest BCUT2D eigenvalue weighted by atomic mass is 10.2. The molecule has 1 aromatic rings. The minimum absolute atomic E-state index is 0.734. The summed E-state index contributed by atoms with van der Waals surface area (Å²) in [6, 6.07) is 7.93. The molecule has 1 aliphatic heterocycles. The van der Waals surface area contributed by atoms with Gasteiger partial charge in [0, 0.05) is 6.20 Å². The quantitative estimate of drug-likeness (QED) is 0.710. The third kappa shape index (κ3) is 2.13. The fourth-order valence-corrected chi connectivity index (χ4v) is 1.17. The summed E-state index contributed by atoms with van der Waals surface area (Å²) in [5.74, 6) is 0.831. The van der Waals surface area contributed by atoms with Crippen LogP contribution >= 0.6 is 0 Å². The lowest BCUT2D eigenvalue weighted by Crippen LogP contribution is -2.27. The zero-order valence-corrected chi connectivity index (χ0v) is 8.05. The molecule has 1 aliphatic rings. The highest BCUT2D eigenvalue weighted by Crippen LogP contribution is 2.12. The third-order valence-corrected chi connectivity index (χ3v) is 1.92. The molecule has 1 heterocycles. The predicted octanol–water partition coefficient (Wildman–Crippen LogP) is 2.15. The zero-order valence-electron chi connectivity index (χ0n) is 8.05. The standard InChI is InChI=1S/C11H12N2O/c1-10-3-5-11(6-4-10)14-13-8-2-7-12-9-13/h2-7,9H,8H2,1H3. The molecule has 3 nitrogen and oxygen atoms in total. The van der Waals surface area contributed by atoms with Crippen LogP contribution in [0.25, 0.3) is 0 Å². The van der Waals surface area contributed by atoms with Gasteiger partial charge in [0.1, 0.15) is 6.34 Å². The first-order valence-corrected chi connectivity index (χ1v) is 4.54. The first kappa shape index (κ1) is 8.81. The molecule has 0 N–H and O–H groups in total. The second-order valence-corrected chi connectivity index (χ2v) is 3.15. The van der Waals surface area contributed by atoms with Crippen molar-refractivity contribution in [3.63, 3.8) is 0 Å². The number of rotatable bonds is 2. The van der Waals surface area contributed by atoms with E-state index in [0.29, 0.717) is 0 Å². The van der Waals surface area contributed by atoms with Crippen LogP contribution in [0, 0.1) is 6.92 Å². The molecule has 0 atom stereocenters. The van der Waals surface area contributed by atoms with Crippen molar-refractivity contribution in [3.8, 4) is 5.75 Å². The van der Waals surface area contributed by atoms with E-state index in [9.17, 15) is 0 Å². The summed E-state index contributed by atoms with van der Waals surface area (Å²) in [5, 5.41) is 1.69. The summed E-state index contributed by atoms with van der Waals surface area (Å²) in [6.45, 7) is 2.78. The van der Waals surface area contributed by atoms with E-state index in [-0.39, 0.29) is 0 Å². The van der Waals surface area contributed by atoms with E-state index in [1.165, 1.54) is 5.56 Å². The van der Waals surface area contributed by atoms with Gasteiger partial charge in [0.25, 0.3) is 0 Å². The summed E-state index contributed by atoms with van der Waals surface area (Å²) in [7, 11) is 0. The normalized spacial score (nSPS) is 14.5. The second-order valence-electron chi connectivity index (χ2n) is 3.15. The topological polar surface area (TPSA) is 24.8 Å². The Labute approximate surface area is 83.3 Å². The Kier molecular flexibility index (Phi) is 2.49. The number of benzene rings is 1. The van der Waals surface area contributed by atoms with Gasteiger partial charge in [-0.05, 0) is 25.1 Å². The molecule has 0 fully saturated rings. The molecule has 0 spiro atoms. The first-order valence-electron chi connectivity index (χ1n) is 4.54. The molecule has 1 aromatic carbocycles. The van der Waals surface area contributed by atoms with Gasteiger partial charge in [-0.15, -0.1) is 0 Å². The van der Waals surface area contributed by atoms with Crippen molar-refractivity contribution in [3.05, 3.63) is 42.1 Å². The summed E-state index contributed by atoms with van der Waals surface area (Å²) < 4.78 is 0. The van der Waals surface area contributed by atoms with Crippen LogP contribution in [-0.4, -0.2) is 17.9 Å². The molecular formula is C11H12N2O. The van der Waals surface area contributed by atoms with Gasteiger partial charge >= 0.3 is 0 Å². The Morgan fingerprint density at radius 1 is 1.29 bits per heavy atom. The fourth-order valence-electron chi connectivity index (χ4n) is 1.17. The van der Waals surface area contributed by atoms with Crippen LogP contribution in [0.2, 0.25) is 0 Å². The van der Waals surface area contributed by atoms with E-state index >= 15 is 0 Å². The van der Waals surface area contributed by atoms with E-state index in [2.05, 4.69) is 11.9 Å². The summed E-state index contributed by atoms with van der Waals surface area (Å²) >= 11 is 0. The average Bonchev–Trinajstić information content (AvgIpc) is 2.23. The Balaban J connectivity index is 2.00. The molecule has 0 amide bonds. The Morgan fingerprint density at radius 2 is 2.07 bits per heavy atom. The Morgan fingerprint density at radius 3 is 2.71 bits per heavy atom. The molecule has 0 radical (unpaired) electrons. The predicted molar refractivity (Wildman–Crippen MR) is 56.1 cm³/mol. The van der Waals surface area contributed by atoms with Crippen molar-refractivity contribution in [2.45, 2.75) is 6.92 Å². The maximum absolute atomic E-state index is 5.54. The molecule has 3 heteroatoms. The van der Waals surface area contributed by atoms with Gasteiger partial charge in [0.2, 0.25) is 0 Å². The lowest BCUT2D eigenvalue weighted by molar-refractivity contribution is 0.0361. The molecule has 72 valence electrons. The van der Waals surface area contributed by atoms with Gasteiger partial charge in [-0.25, -0.2) is 4.99 Å². The third-order valence-electron chi connectivity index (χ3n) is 1.92. The number of hydrogen-bond donors (Lipinski definition) is 0. The minimum atomic E-state index is 0.734. The van der Waals surface area contributed by atoms with Crippen molar-refractivity contribution < 1.29 is 4.84 Å². The van der Waals surface area contributed by atoms with Gasteiger partial charge < -0.3 is 4.84 Å². The molecule has 2 rings (SSSR count). The van der Waals surface area contributed by atoms with Crippen LogP contribution in [-0.2, 0) is 0 Å². The zero-order chi connectivity index (χ0) is 9.80. The van der Waals surface area contributed by atoms with Gasteiger partial charge in [-0.1, -0.05) is 17.7 Å². The van der Waals surface area contributed by atoms with Gasteiger partial charge in [0.05, 0.1) is 6.54 Å². The van der Waals surface area contributed by atoms with E-state index < -0.39 is 0 Å². The summed E-state index contributed by atoms with van der Waals surface area (Å²) in [5.41, 5.74) is 1.23. The van der Waals surface area contributed by atoms with E-state index in [4.69, 9.17) is 4.84 Å². The van der Waals surface area contributed by atoms with Crippen LogP contribution < -0.4 is 4.84 Å². The number of nitrogens with zero attached hydrogens (tertiary/aromatic N) is 2. The Bertz CT molecular complexity index is 354. The van der Waals surface area contributed by atoms with E-state index in [0.717, 1.165) is 12.3 Å². The SMILES string of the molecule is Cc1ccc(ON2C=NC=CC2)cc1. The molecule has 0 saturated heterocycles. The highest BCUT2D eigenvalue weighted by Gasteiger charge is 2.02.